The summed E-state index contributed by atoms with van der Waals surface area (Å²) in [6.45, 7) is 10.7. The molecule has 18 atom stereocenters. The lowest BCUT2D eigenvalue weighted by Crippen LogP contribution is -2.64. The van der Waals surface area contributed by atoms with Crippen LogP contribution in [0.25, 0.3) is 0 Å². The van der Waals surface area contributed by atoms with Gasteiger partial charge in [-0.25, -0.2) is 9.78 Å². The van der Waals surface area contributed by atoms with Crippen molar-refractivity contribution >= 4 is 12.0 Å². The van der Waals surface area contributed by atoms with E-state index in [1.807, 2.05) is 63.3 Å². The first-order valence-corrected chi connectivity index (χ1v) is 25.3. The zero-order valence-electron chi connectivity index (χ0n) is 43.0. The van der Waals surface area contributed by atoms with Crippen LogP contribution in [0.2, 0.25) is 0 Å². The number of amides is 2. The van der Waals surface area contributed by atoms with Crippen molar-refractivity contribution in [1.29, 1.82) is 0 Å². The smallest absolute Gasteiger partial charge is 0.315 e. The fraction of sp³-hybridized carbons (Fsp3) is 0.673. The number of allylic oxidation sites excluding steroid dienone is 11. The predicted molar refractivity (Wildman–Crippen MR) is 271 cm³/mol. The first-order chi connectivity index (χ1) is 34.5. The molecule has 2 amide bonds. The number of ether oxygens (including phenoxy) is 4. The van der Waals surface area contributed by atoms with Crippen LogP contribution >= 0.6 is 0 Å². The number of aliphatic hydroxyl groups is 10. The standard InChI is InChI=1S/C52H85N5O16/c1-7-8-9-10-11-12-13-14-15-16-17-18-39(72-50-49(67)45(53)48(66)34(6)71-50)26-43-46(57-51(68)55-22-21-35-29-54-30-56-35)42(63)28-52(69,73-43)27-38(60)24-41(62)40(61)20-19-36(58)23-37(59)25-44(64)70-33(5)32(4)47(65)31(2)3/h7-18,29-34,36-43,45-50,58-63,65-67,69H,19-28,53H2,1-6H3,(H,54,56)(H2,55,57,68)/b8-7+,10-9+,12-11+,14-13+,16-15+,18-17+/t32-,33-,34+,36+,37+,38-,39-,40+,41+,42-,43-,45-,46+,47+,48+,49-,50-,52+/m0/s1. The number of carbonyl (C=O) groups excluding carboxylic acids is 2. The molecular formula is C52H85N5O16. The van der Waals surface area contributed by atoms with Gasteiger partial charge in [0.1, 0.15) is 12.2 Å². The molecule has 3 heterocycles. The maximum Gasteiger partial charge on any atom is 0.315 e. The largest absolute Gasteiger partial charge is 0.462 e. The molecular weight excluding hydrogens is 951 g/mol. The Morgan fingerprint density at radius 3 is 2.15 bits per heavy atom. The summed E-state index contributed by atoms with van der Waals surface area (Å²) >= 11 is 0. The van der Waals surface area contributed by atoms with E-state index in [1.165, 1.54) is 6.33 Å². The summed E-state index contributed by atoms with van der Waals surface area (Å²) in [7, 11) is 0. The molecule has 21 nitrogen and oxygen atoms in total. The van der Waals surface area contributed by atoms with Crippen LogP contribution in [0.1, 0.15) is 98.6 Å². The quantitative estimate of drug-likeness (QED) is 0.0379. The molecule has 3 rings (SSSR count). The third kappa shape index (κ3) is 22.7. The fourth-order valence-corrected chi connectivity index (χ4v) is 8.53. The lowest BCUT2D eigenvalue weighted by Gasteiger charge is -2.46. The Balaban J connectivity index is 1.73. The number of rotatable bonds is 30. The van der Waals surface area contributed by atoms with E-state index in [0.29, 0.717) is 12.1 Å². The number of H-pyrrole nitrogens is 1. The maximum atomic E-state index is 13.3. The number of aromatic amines is 1. The number of aliphatic hydroxyl groups excluding tert-OH is 9. The molecule has 0 aliphatic carbocycles. The number of urea groups is 1. The first-order valence-electron chi connectivity index (χ1n) is 25.3. The summed E-state index contributed by atoms with van der Waals surface area (Å²) in [5.74, 6) is -3.38. The summed E-state index contributed by atoms with van der Waals surface area (Å²) in [4.78, 5) is 32.7. The number of esters is 1. The lowest BCUT2D eigenvalue weighted by molar-refractivity contribution is -0.303. The molecule has 1 aromatic heterocycles. The van der Waals surface area contributed by atoms with Crippen LogP contribution in [0.4, 0.5) is 4.79 Å². The fourth-order valence-electron chi connectivity index (χ4n) is 8.53. The van der Waals surface area contributed by atoms with Crippen LogP contribution < -0.4 is 16.4 Å². The van der Waals surface area contributed by atoms with Gasteiger partial charge in [0.2, 0.25) is 0 Å². The van der Waals surface area contributed by atoms with E-state index in [2.05, 4.69) is 20.6 Å². The number of nitrogens with zero attached hydrogens (tertiary/aromatic N) is 1. The zero-order valence-corrected chi connectivity index (χ0v) is 43.0. The minimum Gasteiger partial charge on any atom is -0.462 e. The molecule has 2 fully saturated rings. The molecule has 0 unspecified atom stereocenters. The van der Waals surface area contributed by atoms with Gasteiger partial charge in [-0.2, -0.15) is 0 Å². The number of carbonyl (C=O) groups is 2. The van der Waals surface area contributed by atoms with E-state index >= 15 is 0 Å². The van der Waals surface area contributed by atoms with Crippen LogP contribution in [0.5, 0.6) is 0 Å². The summed E-state index contributed by atoms with van der Waals surface area (Å²) in [5.41, 5.74) is 6.81. The Bertz CT molecular complexity index is 1920. The monoisotopic (exact) mass is 1040 g/mol. The lowest BCUT2D eigenvalue weighted by atomic mass is 9.87. The number of nitrogens with one attached hydrogen (secondary N) is 3. The minimum absolute atomic E-state index is 0.0516. The van der Waals surface area contributed by atoms with Gasteiger partial charge in [-0.1, -0.05) is 93.7 Å². The van der Waals surface area contributed by atoms with Gasteiger partial charge < -0.3 is 91.4 Å². The van der Waals surface area contributed by atoms with Crippen molar-refractivity contribution in [2.75, 3.05) is 6.54 Å². The predicted octanol–water partition coefficient (Wildman–Crippen LogP) is 1.11. The average Bonchev–Trinajstić information content (AvgIpc) is 3.84. The molecule has 0 aromatic carbocycles. The van der Waals surface area contributed by atoms with Crippen molar-refractivity contribution in [3.63, 3.8) is 0 Å². The molecule has 0 radical (unpaired) electrons. The van der Waals surface area contributed by atoms with Crippen molar-refractivity contribution in [2.45, 2.75) is 203 Å². The zero-order chi connectivity index (χ0) is 54.3. The number of nitrogens with two attached hydrogens (primary N) is 1. The normalized spacial score (nSPS) is 29.0. The highest BCUT2D eigenvalue weighted by atomic mass is 16.7. The second-order valence-electron chi connectivity index (χ2n) is 19.6. The molecule has 73 heavy (non-hydrogen) atoms. The Hall–Kier alpha value is -4.17. The second-order valence-corrected chi connectivity index (χ2v) is 19.6. The van der Waals surface area contributed by atoms with Crippen LogP contribution in [0, 0.1) is 11.8 Å². The number of imidazole rings is 1. The van der Waals surface area contributed by atoms with Gasteiger partial charge in [-0.05, 0) is 46.0 Å². The molecule has 0 saturated carbocycles. The van der Waals surface area contributed by atoms with Gasteiger partial charge in [-0.15, -0.1) is 0 Å². The minimum atomic E-state index is -2.27. The van der Waals surface area contributed by atoms with Crippen LogP contribution in [-0.4, -0.2) is 183 Å². The molecule has 414 valence electrons. The summed E-state index contributed by atoms with van der Waals surface area (Å²) in [5, 5.41) is 115. The SMILES string of the molecule is C/C=C/C=C/C=C/C=C/C=C/C=C/[C@@H](C[C@@H]1O[C@](O)(C[C@@H](O)C[C@@H](O)[C@H](O)CC[C@@H](O)C[C@@H](O)CC(=O)O[C@@H](C)[C@H](C)[C@H](O)C(C)C)C[C@H](O)[C@H]1NC(=O)NCCc1c[nH]cn1)O[C@@H]1O[C@H](C)[C@@H](O)[C@H](N)[C@@H]1O. The summed E-state index contributed by atoms with van der Waals surface area (Å²) in [6.07, 6.45) is 5.52. The van der Waals surface area contributed by atoms with Gasteiger partial charge in [0, 0.05) is 50.8 Å². The van der Waals surface area contributed by atoms with Crippen molar-refractivity contribution in [2.24, 2.45) is 17.6 Å². The van der Waals surface area contributed by atoms with Crippen molar-refractivity contribution in [3.05, 3.63) is 91.1 Å². The van der Waals surface area contributed by atoms with E-state index in [-0.39, 0.29) is 44.1 Å². The highest BCUT2D eigenvalue weighted by molar-refractivity contribution is 5.74. The Morgan fingerprint density at radius 1 is 0.890 bits per heavy atom. The third-order valence-corrected chi connectivity index (χ3v) is 13.0. The summed E-state index contributed by atoms with van der Waals surface area (Å²) in [6, 6.07) is -2.99. The number of hydrogen-bond donors (Lipinski definition) is 14. The van der Waals surface area contributed by atoms with E-state index in [4.69, 9.17) is 24.7 Å². The van der Waals surface area contributed by atoms with Crippen LogP contribution in [0.3, 0.4) is 0 Å². The van der Waals surface area contributed by atoms with Gasteiger partial charge in [0.25, 0.3) is 0 Å². The van der Waals surface area contributed by atoms with Crippen molar-refractivity contribution in [3.8, 4) is 0 Å². The molecule has 1 aromatic rings. The molecule has 2 saturated heterocycles. The van der Waals surface area contributed by atoms with Crippen molar-refractivity contribution < 1.29 is 79.6 Å². The third-order valence-electron chi connectivity index (χ3n) is 13.0. The molecule has 2 aliphatic rings. The molecule has 21 heteroatoms. The molecule has 0 bridgehead atoms. The van der Waals surface area contributed by atoms with Gasteiger partial charge in [0.05, 0.1) is 97.7 Å². The van der Waals surface area contributed by atoms with Gasteiger partial charge in [0.15, 0.2) is 12.1 Å². The van der Waals surface area contributed by atoms with Crippen molar-refractivity contribution in [1.82, 2.24) is 20.6 Å². The molecule has 0 spiro atoms. The molecule has 15 N–H and O–H groups in total. The van der Waals surface area contributed by atoms with Crippen LogP contribution in [0.15, 0.2) is 85.4 Å². The van der Waals surface area contributed by atoms with Gasteiger partial charge in [-0.3, -0.25) is 4.79 Å². The number of aromatic nitrogens is 2. The number of hydrogen-bond acceptors (Lipinski definition) is 18. The van der Waals surface area contributed by atoms with Crippen LogP contribution in [-0.2, 0) is 30.2 Å². The first kappa shape index (κ1) is 63.1. The highest BCUT2D eigenvalue weighted by Crippen LogP contribution is 2.35. The Kier molecular flexibility index (Phi) is 27.9. The maximum absolute atomic E-state index is 13.3. The topological polar surface area (TPSA) is 352 Å². The Morgan fingerprint density at radius 2 is 1.53 bits per heavy atom. The van der Waals surface area contributed by atoms with E-state index < -0.39 is 141 Å². The average molecular weight is 1040 g/mol. The second kappa shape index (κ2) is 32.3. The Labute approximate surface area is 429 Å². The van der Waals surface area contributed by atoms with Gasteiger partial charge >= 0.3 is 12.0 Å². The van der Waals surface area contributed by atoms with E-state index in [9.17, 15) is 60.7 Å². The molecule has 2 aliphatic heterocycles. The van der Waals surface area contributed by atoms with E-state index in [1.54, 1.807) is 57.3 Å². The summed E-state index contributed by atoms with van der Waals surface area (Å²) < 4.78 is 23.7. The highest BCUT2D eigenvalue weighted by Gasteiger charge is 2.49. The van der Waals surface area contributed by atoms with E-state index in [0.717, 1.165) is 0 Å².